The number of aliphatic hydroxyl groups excluding tert-OH is 1. The molecule has 0 unspecified atom stereocenters. The van der Waals surface area contributed by atoms with Gasteiger partial charge in [-0.3, -0.25) is 4.98 Å². The van der Waals surface area contributed by atoms with Crippen molar-refractivity contribution in [3.05, 3.63) is 29.6 Å². The van der Waals surface area contributed by atoms with Crippen LogP contribution >= 0.6 is 11.6 Å². The van der Waals surface area contributed by atoms with Crippen molar-refractivity contribution in [2.75, 3.05) is 0 Å². The van der Waals surface area contributed by atoms with Gasteiger partial charge in [0.1, 0.15) is 0 Å². The van der Waals surface area contributed by atoms with Gasteiger partial charge in [-0.25, -0.2) is 0 Å². The van der Waals surface area contributed by atoms with Gasteiger partial charge in [-0.05, 0) is 11.6 Å². The second-order valence-corrected chi connectivity index (χ2v) is 2.22. The van der Waals surface area contributed by atoms with Crippen LogP contribution < -0.4 is 0 Å². The van der Waals surface area contributed by atoms with E-state index in [1.54, 1.807) is 12.3 Å². The lowest BCUT2D eigenvalue weighted by atomic mass is 10.3. The van der Waals surface area contributed by atoms with E-state index in [1.807, 2.05) is 6.07 Å². The van der Waals surface area contributed by atoms with Crippen LogP contribution in [0.1, 0.15) is 11.3 Å². The minimum absolute atomic E-state index is 0.0113. The Morgan fingerprint density at radius 1 is 1.50 bits per heavy atom. The van der Waals surface area contributed by atoms with Gasteiger partial charge in [0, 0.05) is 12.1 Å². The first-order valence-electron chi connectivity index (χ1n) is 2.97. The summed E-state index contributed by atoms with van der Waals surface area (Å²) in [6, 6.07) is 3.61. The van der Waals surface area contributed by atoms with E-state index in [-0.39, 0.29) is 6.61 Å². The van der Waals surface area contributed by atoms with E-state index in [2.05, 4.69) is 4.98 Å². The predicted octanol–water partition coefficient (Wildman–Crippen LogP) is 1.31. The van der Waals surface area contributed by atoms with Crippen molar-refractivity contribution in [3.8, 4) is 0 Å². The van der Waals surface area contributed by atoms with Crippen molar-refractivity contribution >= 4 is 11.6 Å². The number of halogens is 1. The van der Waals surface area contributed by atoms with E-state index in [4.69, 9.17) is 16.7 Å². The van der Waals surface area contributed by atoms with Gasteiger partial charge in [-0.1, -0.05) is 6.07 Å². The topological polar surface area (TPSA) is 33.1 Å². The van der Waals surface area contributed by atoms with Gasteiger partial charge in [0.15, 0.2) is 0 Å². The zero-order valence-electron chi connectivity index (χ0n) is 5.42. The summed E-state index contributed by atoms with van der Waals surface area (Å²) in [5, 5.41) is 8.61. The maximum atomic E-state index is 8.61. The van der Waals surface area contributed by atoms with Gasteiger partial charge in [-0.15, -0.1) is 11.6 Å². The van der Waals surface area contributed by atoms with Crippen molar-refractivity contribution in [1.29, 1.82) is 0 Å². The third-order valence-electron chi connectivity index (χ3n) is 1.20. The molecule has 2 nitrogen and oxygen atoms in total. The van der Waals surface area contributed by atoms with Crippen molar-refractivity contribution in [3.63, 3.8) is 0 Å². The Kier molecular flexibility index (Phi) is 2.66. The molecule has 0 saturated heterocycles. The molecule has 0 spiro atoms. The van der Waals surface area contributed by atoms with E-state index in [1.165, 1.54) is 0 Å². The summed E-state index contributed by atoms with van der Waals surface area (Å²) in [6.45, 7) is -0.0113. The average molecular weight is 158 g/mol. The lowest BCUT2D eigenvalue weighted by Crippen LogP contribution is -1.88. The summed E-state index contributed by atoms with van der Waals surface area (Å²) in [6.07, 6.45) is 1.67. The Labute approximate surface area is 64.5 Å². The summed E-state index contributed by atoms with van der Waals surface area (Å²) < 4.78 is 0. The number of hydrogen-bond donors (Lipinski definition) is 1. The third-order valence-corrected chi connectivity index (χ3v) is 1.51. The summed E-state index contributed by atoms with van der Waals surface area (Å²) in [4.78, 5) is 3.93. The number of aromatic nitrogens is 1. The largest absolute Gasteiger partial charge is 0.390 e. The molecule has 1 N–H and O–H groups in total. The molecular weight excluding hydrogens is 150 g/mol. The molecule has 0 radical (unpaired) electrons. The molecule has 54 valence electrons. The quantitative estimate of drug-likeness (QED) is 0.657. The Balaban J connectivity index is 2.80. The molecule has 0 aliphatic carbocycles. The highest BCUT2D eigenvalue weighted by Crippen LogP contribution is 2.02. The van der Waals surface area contributed by atoms with Crippen molar-refractivity contribution < 1.29 is 5.11 Å². The molecule has 0 amide bonds. The number of rotatable bonds is 2. The summed E-state index contributed by atoms with van der Waals surface area (Å²) >= 11 is 5.52. The molecule has 0 bridgehead atoms. The monoisotopic (exact) mass is 157 g/mol. The lowest BCUT2D eigenvalue weighted by Gasteiger charge is -1.95. The van der Waals surface area contributed by atoms with Gasteiger partial charge in [-0.2, -0.15) is 0 Å². The molecular formula is C7H8ClNO. The molecule has 3 heteroatoms. The average Bonchev–Trinajstić information content (AvgIpc) is 2.05. The van der Waals surface area contributed by atoms with E-state index < -0.39 is 0 Å². The van der Waals surface area contributed by atoms with E-state index in [0.29, 0.717) is 11.6 Å². The van der Waals surface area contributed by atoms with Gasteiger partial charge in [0.05, 0.1) is 12.3 Å². The van der Waals surface area contributed by atoms with E-state index >= 15 is 0 Å². The van der Waals surface area contributed by atoms with Crippen LogP contribution in [0.5, 0.6) is 0 Å². The highest BCUT2D eigenvalue weighted by atomic mass is 35.5. The molecule has 0 aliphatic heterocycles. The van der Waals surface area contributed by atoms with E-state index in [9.17, 15) is 0 Å². The Morgan fingerprint density at radius 3 is 2.70 bits per heavy atom. The lowest BCUT2D eigenvalue weighted by molar-refractivity contribution is 0.277. The SMILES string of the molecule is OCc1ccc(CCl)cn1. The molecule has 10 heavy (non-hydrogen) atoms. The Bertz CT molecular complexity index is 174. The fraction of sp³-hybridized carbons (Fsp3) is 0.286. The number of aliphatic hydroxyl groups is 1. The van der Waals surface area contributed by atoms with Gasteiger partial charge in [0.2, 0.25) is 0 Å². The van der Waals surface area contributed by atoms with Crippen LogP contribution in [0.25, 0.3) is 0 Å². The third kappa shape index (κ3) is 1.69. The molecule has 0 aromatic carbocycles. The number of pyridine rings is 1. The van der Waals surface area contributed by atoms with Crippen molar-refractivity contribution in [1.82, 2.24) is 4.98 Å². The second kappa shape index (κ2) is 3.54. The first-order chi connectivity index (χ1) is 4.86. The fourth-order valence-electron chi connectivity index (χ4n) is 0.628. The summed E-state index contributed by atoms with van der Waals surface area (Å²) in [5.41, 5.74) is 1.65. The number of alkyl halides is 1. The maximum Gasteiger partial charge on any atom is 0.0852 e. The normalized spacial score (nSPS) is 9.80. The summed E-state index contributed by atoms with van der Waals surface area (Å²) in [5.74, 6) is 0.471. The first-order valence-corrected chi connectivity index (χ1v) is 3.51. The molecule has 0 saturated carbocycles. The zero-order valence-corrected chi connectivity index (χ0v) is 6.17. The van der Waals surface area contributed by atoms with Crippen LogP contribution in [0.3, 0.4) is 0 Å². The minimum Gasteiger partial charge on any atom is -0.390 e. The molecule has 1 aromatic heterocycles. The van der Waals surface area contributed by atoms with Crippen LogP contribution in [-0.4, -0.2) is 10.1 Å². The molecule has 1 rings (SSSR count). The molecule has 0 fully saturated rings. The number of nitrogens with zero attached hydrogens (tertiary/aromatic N) is 1. The van der Waals surface area contributed by atoms with E-state index in [0.717, 1.165) is 5.56 Å². The molecule has 1 heterocycles. The fourth-order valence-corrected chi connectivity index (χ4v) is 0.786. The van der Waals surface area contributed by atoms with Crippen LogP contribution in [0.4, 0.5) is 0 Å². The molecule has 0 aliphatic rings. The standard InChI is InChI=1S/C7H8ClNO/c8-3-6-1-2-7(5-10)9-4-6/h1-2,4,10H,3,5H2. The highest BCUT2D eigenvalue weighted by Gasteiger charge is 1.91. The van der Waals surface area contributed by atoms with Crippen LogP contribution in [0.15, 0.2) is 18.3 Å². The van der Waals surface area contributed by atoms with Gasteiger partial charge < -0.3 is 5.11 Å². The van der Waals surface area contributed by atoms with Crippen LogP contribution in [-0.2, 0) is 12.5 Å². The highest BCUT2D eigenvalue weighted by molar-refractivity contribution is 6.17. The van der Waals surface area contributed by atoms with Gasteiger partial charge in [0.25, 0.3) is 0 Å². The van der Waals surface area contributed by atoms with Crippen molar-refractivity contribution in [2.24, 2.45) is 0 Å². The Hall–Kier alpha value is -0.600. The second-order valence-electron chi connectivity index (χ2n) is 1.95. The minimum atomic E-state index is -0.0113. The smallest absolute Gasteiger partial charge is 0.0852 e. The summed E-state index contributed by atoms with van der Waals surface area (Å²) in [7, 11) is 0. The molecule has 1 aromatic rings. The zero-order chi connectivity index (χ0) is 7.40. The Morgan fingerprint density at radius 2 is 2.30 bits per heavy atom. The predicted molar refractivity (Wildman–Crippen MR) is 39.7 cm³/mol. The van der Waals surface area contributed by atoms with Crippen LogP contribution in [0.2, 0.25) is 0 Å². The van der Waals surface area contributed by atoms with Crippen molar-refractivity contribution in [2.45, 2.75) is 12.5 Å². The number of hydrogen-bond acceptors (Lipinski definition) is 2. The molecule has 0 atom stereocenters. The van der Waals surface area contributed by atoms with Crippen LogP contribution in [0, 0.1) is 0 Å². The maximum absolute atomic E-state index is 8.61. The first kappa shape index (κ1) is 7.51. The van der Waals surface area contributed by atoms with Gasteiger partial charge >= 0.3 is 0 Å².